The van der Waals surface area contributed by atoms with Gasteiger partial charge in [-0.15, -0.1) is 0 Å². The summed E-state index contributed by atoms with van der Waals surface area (Å²) in [5.41, 5.74) is 2.13. The number of rotatable bonds is 6. The third-order valence-electron chi connectivity index (χ3n) is 5.86. The highest BCUT2D eigenvalue weighted by Crippen LogP contribution is 2.34. The Morgan fingerprint density at radius 3 is 2.35 bits per heavy atom. The molecule has 7 nitrogen and oxygen atoms in total. The molecule has 2 aliphatic rings. The molecule has 2 heterocycles. The highest BCUT2D eigenvalue weighted by molar-refractivity contribution is 5.78. The van der Waals surface area contributed by atoms with Crippen LogP contribution in [0.5, 0.6) is 17.2 Å². The van der Waals surface area contributed by atoms with Crippen molar-refractivity contribution in [3.8, 4) is 17.2 Å². The Hall–Kier alpha value is -2.93. The number of nitrogens with zero attached hydrogens (tertiary/aromatic N) is 2. The third-order valence-corrected chi connectivity index (χ3v) is 5.86. The number of carbonyl (C=O) groups excluding carboxylic acids is 1. The summed E-state index contributed by atoms with van der Waals surface area (Å²) in [6.45, 7) is 9.08. The van der Waals surface area contributed by atoms with Gasteiger partial charge in [0.05, 0.1) is 12.6 Å². The maximum absolute atomic E-state index is 12.8. The van der Waals surface area contributed by atoms with Gasteiger partial charge in [-0.1, -0.05) is 19.9 Å². The van der Waals surface area contributed by atoms with Crippen molar-refractivity contribution in [1.29, 1.82) is 0 Å². The van der Waals surface area contributed by atoms with E-state index in [0.717, 1.165) is 48.9 Å². The molecule has 0 bridgehead atoms. The summed E-state index contributed by atoms with van der Waals surface area (Å²) in [6, 6.07) is 13.1. The summed E-state index contributed by atoms with van der Waals surface area (Å²) in [5, 5.41) is 12.7. The summed E-state index contributed by atoms with van der Waals surface area (Å²) in [5.74, 6) is 2.06. The van der Waals surface area contributed by atoms with E-state index in [2.05, 4.69) is 29.0 Å². The minimum absolute atomic E-state index is 0.0340. The van der Waals surface area contributed by atoms with Crippen molar-refractivity contribution in [2.24, 2.45) is 5.92 Å². The molecule has 4 rings (SSSR count). The zero-order chi connectivity index (χ0) is 21.8. The molecule has 2 aliphatic heterocycles. The molecule has 1 fully saturated rings. The number of amides is 1. The Kier molecular flexibility index (Phi) is 6.51. The minimum Gasteiger partial charge on any atom is -0.508 e. The van der Waals surface area contributed by atoms with Gasteiger partial charge in [-0.25, -0.2) is 0 Å². The molecule has 166 valence electrons. The van der Waals surface area contributed by atoms with E-state index in [4.69, 9.17) is 9.47 Å². The Balaban J connectivity index is 1.32. The monoisotopic (exact) mass is 425 g/mol. The quantitative estimate of drug-likeness (QED) is 0.742. The Morgan fingerprint density at radius 2 is 1.68 bits per heavy atom. The molecule has 0 unspecified atom stereocenters. The van der Waals surface area contributed by atoms with E-state index in [1.54, 1.807) is 12.1 Å². The fourth-order valence-corrected chi connectivity index (χ4v) is 4.14. The van der Waals surface area contributed by atoms with Gasteiger partial charge in [0.15, 0.2) is 11.5 Å². The molecule has 7 heteroatoms. The number of anilines is 1. The van der Waals surface area contributed by atoms with Crippen LogP contribution < -0.4 is 19.7 Å². The number of fused-ring (bicyclic) bond motifs is 1. The van der Waals surface area contributed by atoms with E-state index < -0.39 is 0 Å². The predicted octanol–water partition coefficient (Wildman–Crippen LogP) is 2.80. The zero-order valence-corrected chi connectivity index (χ0v) is 18.2. The number of hydrogen-bond acceptors (Lipinski definition) is 6. The van der Waals surface area contributed by atoms with Crippen LogP contribution in [0.25, 0.3) is 0 Å². The lowest BCUT2D eigenvalue weighted by Gasteiger charge is -2.36. The average Bonchev–Trinajstić information content (AvgIpc) is 2.78. The van der Waals surface area contributed by atoms with Crippen molar-refractivity contribution < 1.29 is 19.4 Å². The van der Waals surface area contributed by atoms with Crippen LogP contribution in [0.3, 0.4) is 0 Å². The van der Waals surface area contributed by atoms with Gasteiger partial charge in [0.25, 0.3) is 0 Å². The van der Waals surface area contributed by atoms with Crippen LogP contribution in [0.15, 0.2) is 42.5 Å². The molecular weight excluding hydrogens is 394 g/mol. The molecule has 1 saturated heterocycles. The number of nitrogens with one attached hydrogen (secondary N) is 1. The number of carbonyl (C=O) groups is 1. The van der Waals surface area contributed by atoms with Gasteiger partial charge < -0.3 is 24.8 Å². The fourth-order valence-electron chi connectivity index (χ4n) is 4.14. The smallest absolute Gasteiger partial charge is 0.234 e. The first kappa shape index (κ1) is 21.3. The van der Waals surface area contributed by atoms with Crippen LogP contribution in [0.2, 0.25) is 0 Å². The first-order valence-corrected chi connectivity index (χ1v) is 10.9. The third kappa shape index (κ3) is 5.22. The van der Waals surface area contributed by atoms with Crippen LogP contribution in [0.1, 0.15) is 25.5 Å². The van der Waals surface area contributed by atoms with Gasteiger partial charge in [-0.2, -0.15) is 0 Å². The molecule has 0 radical (unpaired) electrons. The van der Waals surface area contributed by atoms with Crippen molar-refractivity contribution in [2.75, 3.05) is 50.8 Å². The SMILES string of the molecule is CC(C)[C@H](NC(=O)CN1CCN(c2ccc(O)cc2)CC1)c1ccc2c(c1)OCCO2. The first-order valence-electron chi connectivity index (χ1n) is 10.9. The Labute approximate surface area is 183 Å². The number of ether oxygens (including phenoxy) is 2. The molecule has 0 saturated carbocycles. The molecule has 1 atom stereocenters. The number of phenolic OH excluding ortho intramolecular Hbond substituents is 1. The number of phenols is 1. The van der Waals surface area contributed by atoms with Crippen LogP contribution in [0.4, 0.5) is 5.69 Å². The molecule has 2 aromatic rings. The molecule has 2 aromatic carbocycles. The zero-order valence-electron chi connectivity index (χ0n) is 18.2. The molecule has 0 aliphatic carbocycles. The number of benzene rings is 2. The number of piperazine rings is 1. The van der Waals surface area contributed by atoms with Gasteiger partial charge >= 0.3 is 0 Å². The Bertz CT molecular complexity index is 892. The minimum atomic E-state index is -0.0818. The Morgan fingerprint density at radius 1 is 1.00 bits per heavy atom. The van der Waals surface area contributed by atoms with E-state index in [-0.39, 0.29) is 23.6 Å². The number of aromatic hydroxyl groups is 1. The lowest BCUT2D eigenvalue weighted by molar-refractivity contribution is -0.123. The summed E-state index contributed by atoms with van der Waals surface area (Å²) in [7, 11) is 0. The fraction of sp³-hybridized carbons (Fsp3) is 0.458. The van der Waals surface area contributed by atoms with Crippen molar-refractivity contribution in [3.05, 3.63) is 48.0 Å². The maximum atomic E-state index is 12.8. The molecule has 0 aromatic heterocycles. The maximum Gasteiger partial charge on any atom is 0.234 e. The highest BCUT2D eigenvalue weighted by atomic mass is 16.6. The van der Waals surface area contributed by atoms with Gasteiger partial charge in [0.1, 0.15) is 19.0 Å². The lowest BCUT2D eigenvalue weighted by Crippen LogP contribution is -2.50. The van der Waals surface area contributed by atoms with E-state index >= 15 is 0 Å². The second-order valence-electron chi connectivity index (χ2n) is 8.47. The molecular formula is C24H31N3O4. The summed E-state index contributed by atoms with van der Waals surface area (Å²) < 4.78 is 11.3. The van der Waals surface area contributed by atoms with Gasteiger partial charge in [0.2, 0.25) is 5.91 Å². The topological polar surface area (TPSA) is 74.3 Å². The first-order chi connectivity index (χ1) is 15.0. The van der Waals surface area contributed by atoms with Crippen LogP contribution in [-0.2, 0) is 4.79 Å². The van der Waals surface area contributed by atoms with Crippen molar-refractivity contribution in [3.63, 3.8) is 0 Å². The summed E-state index contributed by atoms with van der Waals surface area (Å²) in [6.07, 6.45) is 0. The van der Waals surface area contributed by atoms with E-state index in [1.165, 1.54) is 0 Å². The van der Waals surface area contributed by atoms with Crippen molar-refractivity contribution in [2.45, 2.75) is 19.9 Å². The lowest BCUT2D eigenvalue weighted by atomic mass is 9.95. The standard InChI is InChI=1S/C24H31N3O4/c1-17(2)24(18-3-8-21-22(15-18)31-14-13-30-21)25-23(29)16-26-9-11-27(12-10-26)19-4-6-20(28)7-5-19/h3-8,15,17,24,28H,9-14,16H2,1-2H3,(H,25,29)/t24-/m0/s1. The predicted molar refractivity (Wildman–Crippen MR) is 120 cm³/mol. The van der Waals surface area contributed by atoms with E-state index in [1.807, 2.05) is 30.3 Å². The molecule has 1 amide bonds. The van der Waals surface area contributed by atoms with Crippen molar-refractivity contribution >= 4 is 11.6 Å². The van der Waals surface area contributed by atoms with Crippen LogP contribution in [-0.4, -0.2) is 61.9 Å². The molecule has 0 spiro atoms. The second kappa shape index (κ2) is 9.47. The normalized spacial score (nSPS) is 17.5. The molecule has 31 heavy (non-hydrogen) atoms. The van der Waals surface area contributed by atoms with E-state index in [9.17, 15) is 9.90 Å². The highest BCUT2D eigenvalue weighted by Gasteiger charge is 2.24. The summed E-state index contributed by atoms with van der Waals surface area (Å²) >= 11 is 0. The van der Waals surface area contributed by atoms with Crippen molar-refractivity contribution in [1.82, 2.24) is 10.2 Å². The van der Waals surface area contributed by atoms with Gasteiger partial charge in [0, 0.05) is 31.9 Å². The van der Waals surface area contributed by atoms with Crippen LogP contribution in [0, 0.1) is 5.92 Å². The van der Waals surface area contributed by atoms with Gasteiger partial charge in [-0.05, 0) is 47.9 Å². The molecule has 2 N–H and O–H groups in total. The van der Waals surface area contributed by atoms with Gasteiger partial charge in [-0.3, -0.25) is 9.69 Å². The largest absolute Gasteiger partial charge is 0.508 e. The van der Waals surface area contributed by atoms with Crippen LogP contribution >= 0.6 is 0 Å². The second-order valence-corrected chi connectivity index (χ2v) is 8.47. The van der Waals surface area contributed by atoms with E-state index in [0.29, 0.717) is 19.8 Å². The average molecular weight is 426 g/mol. The number of hydrogen-bond donors (Lipinski definition) is 2. The summed E-state index contributed by atoms with van der Waals surface area (Å²) in [4.78, 5) is 17.3.